The number of carbonyl (C=O) groups is 1. The minimum Gasteiger partial charge on any atom is -0.494 e. The topological polar surface area (TPSA) is 65.4 Å². The van der Waals surface area contributed by atoms with Gasteiger partial charge in [0.1, 0.15) is 5.75 Å². The van der Waals surface area contributed by atoms with Crippen LogP contribution in [-0.4, -0.2) is 31.1 Å². The molecule has 0 unspecified atom stereocenters. The lowest BCUT2D eigenvalue weighted by atomic mass is 10.2. The normalized spacial score (nSPS) is 9.58. The van der Waals surface area contributed by atoms with Gasteiger partial charge in [0.25, 0.3) is 0 Å². The number of anilines is 1. The third-order valence-corrected chi connectivity index (χ3v) is 2.63. The van der Waals surface area contributed by atoms with E-state index in [4.69, 9.17) is 10.00 Å². The standard InChI is InChI=1S/C14H19N3O2/c1-4-19-13-7-6-12(10-11(13)2)16-14(18)17(3)9-5-8-15/h6-7,10H,4-5,9H2,1-3H3,(H,16,18). The van der Waals surface area contributed by atoms with Crippen molar-refractivity contribution in [2.45, 2.75) is 20.3 Å². The van der Waals surface area contributed by atoms with Gasteiger partial charge >= 0.3 is 6.03 Å². The molecule has 102 valence electrons. The van der Waals surface area contributed by atoms with E-state index in [0.29, 0.717) is 19.6 Å². The van der Waals surface area contributed by atoms with E-state index in [-0.39, 0.29) is 6.03 Å². The second-order valence-electron chi connectivity index (χ2n) is 4.17. The molecule has 5 nitrogen and oxygen atoms in total. The summed E-state index contributed by atoms with van der Waals surface area (Å²) in [6, 6.07) is 7.29. The molecule has 0 saturated heterocycles. The van der Waals surface area contributed by atoms with Gasteiger partial charge in [0.2, 0.25) is 0 Å². The number of carbonyl (C=O) groups excluding carboxylic acids is 1. The molecule has 0 bridgehead atoms. The molecule has 19 heavy (non-hydrogen) atoms. The lowest BCUT2D eigenvalue weighted by Gasteiger charge is -2.17. The fourth-order valence-electron chi connectivity index (χ4n) is 1.58. The molecule has 5 heteroatoms. The molecule has 0 radical (unpaired) electrons. The minimum absolute atomic E-state index is 0.223. The maximum atomic E-state index is 11.8. The summed E-state index contributed by atoms with van der Waals surface area (Å²) >= 11 is 0. The molecular formula is C14H19N3O2. The van der Waals surface area contributed by atoms with Crippen molar-refractivity contribution in [1.29, 1.82) is 5.26 Å². The zero-order valence-electron chi connectivity index (χ0n) is 11.6. The summed E-state index contributed by atoms with van der Waals surface area (Å²) in [7, 11) is 1.66. The van der Waals surface area contributed by atoms with E-state index in [9.17, 15) is 4.79 Å². The first-order chi connectivity index (χ1) is 9.08. The van der Waals surface area contributed by atoms with E-state index in [2.05, 4.69) is 5.32 Å². The highest BCUT2D eigenvalue weighted by Gasteiger charge is 2.09. The van der Waals surface area contributed by atoms with Crippen LogP contribution in [0.2, 0.25) is 0 Å². The summed E-state index contributed by atoms with van der Waals surface area (Å²) in [5.74, 6) is 0.818. The Morgan fingerprint density at radius 3 is 2.84 bits per heavy atom. The van der Waals surface area contributed by atoms with Crippen molar-refractivity contribution >= 4 is 11.7 Å². The lowest BCUT2D eigenvalue weighted by molar-refractivity contribution is 0.223. The van der Waals surface area contributed by atoms with Gasteiger partial charge in [-0.2, -0.15) is 5.26 Å². The lowest BCUT2D eigenvalue weighted by Crippen LogP contribution is -2.32. The van der Waals surface area contributed by atoms with Crippen LogP contribution in [0.15, 0.2) is 18.2 Å². The van der Waals surface area contributed by atoms with Crippen LogP contribution in [0.1, 0.15) is 18.9 Å². The molecule has 2 amide bonds. The number of urea groups is 1. The van der Waals surface area contributed by atoms with Crippen LogP contribution >= 0.6 is 0 Å². The van der Waals surface area contributed by atoms with Crippen LogP contribution in [-0.2, 0) is 0 Å². The van der Waals surface area contributed by atoms with Gasteiger partial charge in [-0.1, -0.05) is 0 Å². The average molecular weight is 261 g/mol. The highest BCUT2D eigenvalue weighted by Crippen LogP contribution is 2.22. The van der Waals surface area contributed by atoms with Gasteiger partial charge < -0.3 is 15.0 Å². The Hall–Kier alpha value is -2.22. The molecule has 0 aliphatic heterocycles. The molecule has 0 spiro atoms. The molecule has 1 rings (SSSR count). The highest BCUT2D eigenvalue weighted by atomic mass is 16.5. The van der Waals surface area contributed by atoms with Crippen LogP contribution in [0.4, 0.5) is 10.5 Å². The predicted molar refractivity (Wildman–Crippen MR) is 74.2 cm³/mol. The first-order valence-electron chi connectivity index (χ1n) is 6.21. The van der Waals surface area contributed by atoms with Crippen LogP contribution in [0.25, 0.3) is 0 Å². The van der Waals surface area contributed by atoms with E-state index in [1.54, 1.807) is 13.1 Å². The van der Waals surface area contributed by atoms with Crippen LogP contribution in [0.5, 0.6) is 5.75 Å². The third kappa shape index (κ3) is 4.51. The number of aryl methyl sites for hydroxylation is 1. The number of ether oxygens (including phenoxy) is 1. The van der Waals surface area contributed by atoms with Crippen molar-refractivity contribution in [2.75, 3.05) is 25.5 Å². The van der Waals surface area contributed by atoms with Crippen molar-refractivity contribution in [3.05, 3.63) is 23.8 Å². The van der Waals surface area contributed by atoms with Crippen LogP contribution < -0.4 is 10.1 Å². The molecule has 0 aliphatic carbocycles. The minimum atomic E-state index is -0.223. The summed E-state index contributed by atoms with van der Waals surface area (Å²) in [6.45, 7) is 4.89. The molecule has 0 aliphatic rings. The Morgan fingerprint density at radius 1 is 1.53 bits per heavy atom. The fourth-order valence-corrected chi connectivity index (χ4v) is 1.58. The molecule has 0 fully saturated rings. The van der Waals surface area contributed by atoms with E-state index >= 15 is 0 Å². The summed E-state index contributed by atoms with van der Waals surface area (Å²) in [6.07, 6.45) is 0.326. The number of nitriles is 1. The zero-order valence-corrected chi connectivity index (χ0v) is 11.6. The third-order valence-electron chi connectivity index (χ3n) is 2.63. The van der Waals surface area contributed by atoms with Gasteiger partial charge in [0.05, 0.1) is 19.1 Å². The Kier molecular flexibility index (Phi) is 5.68. The van der Waals surface area contributed by atoms with Crippen molar-refractivity contribution in [3.63, 3.8) is 0 Å². The Labute approximate surface area is 113 Å². The second kappa shape index (κ2) is 7.27. The quantitative estimate of drug-likeness (QED) is 0.886. The monoisotopic (exact) mass is 261 g/mol. The number of rotatable bonds is 5. The van der Waals surface area contributed by atoms with Gasteiger partial charge in [0, 0.05) is 19.3 Å². The fraction of sp³-hybridized carbons (Fsp3) is 0.429. The molecule has 0 atom stereocenters. The SMILES string of the molecule is CCOc1ccc(NC(=O)N(C)CCC#N)cc1C. The van der Waals surface area contributed by atoms with E-state index in [1.165, 1.54) is 4.90 Å². The van der Waals surface area contributed by atoms with E-state index in [1.807, 2.05) is 32.0 Å². The summed E-state index contributed by atoms with van der Waals surface area (Å²) in [5.41, 5.74) is 1.69. The molecule has 0 aromatic heterocycles. The second-order valence-corrected chi connectivity index (χ2v) is 4.17. The first kappa shape index (κ1) is 14.8. The highest BCUT2D eigenvalue weighted by molar-refractivity contribution is 5.89. The van der Waals surface area contributed by atoms with Crippen molar-refractivity contribution in [3.8, 4) is 11.8 Å². The maximum absolute atomic E-state index is 11.8. The van der Waals surface area contributed by atoms with Crippen molar-refractivity contribution in [2.24, 2.45) is 0 Å². The van der Waals surface area contributed by atoms with Crippen molar-refractivity contribution in [1.82, 2.24) is 4.90 Å². The zero-order chi connectivity index (χ0) is 14.3. The summed E-state index contributed by atoms with van der Waals surface area (Å²) in [5, 5.41) is 11.3. The Bertz CT molecular complexity index is 480. The Balaban J connectivity index is 2.65. The molecule has 1 N–H and O–H groups in total. The maximum Gasteiger partial charge on any atom is 0.321 e. The summed E-state index contributed by atoms with van der Waals surface area (Å²) in [4.78, 5) is 13.3. The van der Waals surface area contributed by atoms with Gasteiger partial charge in [0.15, 0.2) is 0 Å². The van der Waals surface area contributed by atoms with Gasteiger partial charge in [-0.05, 0) is 37.6 Å². The van der Waals surface area contributed by atoms with E-state index < -0.39 is 0 Å². The summed E-state index contributed by atoms with van der Waals surface area (Å²) < 4.78 is 5.44. The Morgan fingerprint density at radius 2 is 2.26 bits per heavy atom. The van der Waals surface area contributed by atoms with Gasteiger partial charge in [-0.25, -0.2) is 4.79 Å². The van der Waals surface area contributed by atoms with Crippen LogP contribution in [0.3, 0.4) is 0 Å². The molecule has 1 aromatic carbocycles. The number of amides is 2. The number of hydrogen-bond donors (Lipinski definition) is 1. The first-order valence-corrected chi connectivity index (χ1v) is 6.21. The molecule has 1 aromatic rings. The van der Waals surface area contributed by atoms with E-state index in [0.717, 1.165) is 17.0 Å². The number of hydrogen-bond acceptors (Lipinski definition) is 3. The van der Waals surface area contributed by atoms with Crippen molar-refractivity contribution < 1.29 is 9.53 Å². The molecule has 0 heterocycles. The van der Waals surface area contributed by atoms with Gasteiger partial charge in [-0.3, -0.25) is 0 Å². The number of benzene rings is 1. The average Bonchev–Trinajstić information content (AvgIpc) is 2.39. The largest absolute Gasteiger partial charge is 0.494 e. The number of nitrogens with one attached hydrogen (secondary N) is 1. The molecule has 0 saturated carbocycles. The molecular weight excluding hydrogens is 242 g/mol. The predicted octanol–water partition coefficient (Wildman–Crippen LogP) is 2.77. The van der Waals surface area contributed by atoms with Gasteiger partial charge in [-0.15, -0.1) is 0 Å². The van der Waals surface area contributed by atoms with Crippen LogP contribution in [0, 0.1) is 18.3 Å². The number of nitrogens with zero attached hydrogens (tertiary/aromatic N) is 2. The smallest absolute Gasteiger partial charge is 0.321 e.